The van der Waals surface area contributed by atoms with Crippen LogP contribution < -0.4 is 4.74 Å². The third-order valence-corrected chi connectivity index (χ3v) is 3.29. The summed E-state index contributed by atoms with van der Waals surface area (Å²) in [6, 6.07) is 1.01. The quantitative estimate of drug-likeness (QED) is 0.335. The SMILES string of the molecule is CC=[O+]C(O)=C1[N-]C(c2cc(F)c(OC(F)F)cc2F)=CC([NH-])=C1Cl. The van der Waals surface area contributed by atoms with E-state index >= 15 is 0 Å². The molecule has 1 aliphatic heterocycles. The molecule has 134 valence electrons. The van der Waals surface area contributed by atoms with Crippen LogP contribution in [0.3, 0.4) is 0 Å². The molecule has 1 aliphatic rings. The van der Waals surface area contributed by atoms with Gasteiger partial charge >= 0.3 is 12.6 Å². The Morgan fingerprint density at radius 2 is 2.04 bits per heavy atom. The molecule has 0 saturated heterocycles. The Morgan fingerprint density at radius 3 is 2.64 bits per heavy atom. The molecule has 0 amide bonds. The molecule has 0 spiro atoms. The van der Waals surface area contributed by atoms with E-state index in [-0.39, 0.29) is 22.1 Å². The monoisotopic (exact) mass is 377 g/mol. The van der Waals surface area contributed by atoms with Gasteiger partial charge in [-0.1, -0.05) is 17.7 Å². The average Bonchev–Trinajstić information content (AvgIpc) is 2.52. The minimum atomic E-state index is -3.33. The van der Waals surface area contributed by atoms with Gasteiger partial charge in [-0.15, -0.1) is 11.4 Å². The van der Waals surface area contributed by atoms with Crippen molar-refractivity contribution in [2.45, 2.75) is 13.5 Å². The molecule has 1 aromatic rings. The van der Waals surface area contributed by atoms with Gasteiger partial charge in [0, 0.05) is 23.7 Å². The first kappa shape index (κ1) is 18.7. The summed E-state index contributed by atoms with van der Waals surface area (Å²) in [6.07, 6.45) is 2.13. The molecule has 2 rings (SSSR count). The molecular weight excluding hydrogens is 368 g/mol. The first-order valence-electron chi connectivity index (χ1n) is 6.61. The topological polar surface area (TPSA) is 78.7 Å². The maximum atomic E-state index is 14.1. The van der Waals surface area contributed by atoms with E-state index < -0.39 is 35.5 Å². The molecule has 0 aliphatic carbocycles. The molecule has 0 radical (unpaired) electrons. The van der Waals surface area contributed by atoms with Crippen molar-refractivity contribution < 1.29 is 31.8 Å². The molecule has 1 aromatic carbocycles. The minimum absolute atomic E-state index is 0.268. The number of nitrogens with zero attached hydrogens (tertiary/aromatic N) is 1. The van der Waals surface area contributed by atoms with Crippen LogP contribution in [0.1, 0.15) is 12.5 Å². The number of aliphatic hydroxyl groups is 1. The van der Waals surface area contributed by atoms with Gasteiger partial charge in [0.25, 0.3) is 0 Å². The Kier molecular flexibility index (Phi) is 5.58. The summed E-state index contributed by atoms with van der Waals surface area (Å²) < 4.78 is 60.9. The predicted molar refractivity (Wildman–Crippen MR) is 82.9 cm³/mol. The second-order valence-electron chi connectivity index (χ2n) is 4.52. The molecular formula is C15H10ClF4N2O3-. The molecule has 0 atom stereocenters. The zero-order valence-electron chi connectivity index (χ0n) is 12.5. The number of allylic oxidation sites excluding steroid dienone is 2. The van der Waals surface area contributed by atoms with Gasteiger partial charge in [0.1, 0.15) is 5.82 Å². The summed E-state index contributed by atoms with van der Waals surface area (Å²) in [5.41, 5.74) is 6.31. The lowest BCUT2D eigenvalue weighted by molar-refractivity contribution is -0.431. The Bertz CT molecular complexity index is 819. The second-order valence-corrected chi connectivity index (χ2v) is 4.90. The van der Waals surface area contributed by atoms with E-state index in [1.165, 1.54) is 6.92 Å². The molecule has 0 fully saturated rings. The molecule has 0 aromatic heterocycles. The highest BCUT2D eigenvalue weighted by Crippen LogP contribution is 2.41. The number of aliphatic hydroxyl groups excluding tert-OH is 1. The smallest absolute Gasteiger partial charge is 0.501 e. The van der Waals surface area contributed by atoms with Gasteiger partial charge in [0.15, 0.2) is 17.9 Å². The summed E-state index contributed by atoms with van der Waals surface area (Å²) >= 11 is 5.84. The molecule has 10 heteroatoms. The zero-order valence-corrected chi connectivity index (χ0v) is 13.2. The van der Waals surface area contributed by atoms with Gasteiger partial charge in [0.2, 0.25) is 0 Å². The number of nitrogens with one attached hydrogen (secondary N) is 1. The van der Waals surface area contributed by atoms with Crippen molar-refractivity contribution in [2.24, 2.45) is 0 Å². The van der Waals surface area contributed by atoms with Crippen LogP contribution in [0.5, 0.6) is 5.75 Å². The van der Waals surface area contributed by atoms with Crippen LogP contribution in [-0.4, -0.2) is 18.0 Å². The highest BCUT2D eigenvalue weighted by atomic mass is 35.5. The molecule has 25 heavy (non-hydrogen) atoms. The molecule has 5 nitrogen and oxygen atoms in total. The average molecular weight is 378 g/mol. The lowest BCUT2D eigenvalue weighted by Crippen LogP contribution is -2.06. The Balaban J connectivity index is 2.51. The van der Waals surface area contributed by atoms with Crippen molar-refractivity contribution in [2.75, 3.05) is 0 Å². The lowest BCUT2D eigenvalue weighted by Gasteiger charge is -2.33. The number of hydrogen-bond donors (Lipinski definition) is 1. The fraction of sp³-hybridized carbons (Fsp3) is 0.133. The first-order valence-corrected chi connectivity index (χ1v) is 6.99. The third kappa shape index (κ3) is 4.05. The third-order valence-electron chi connectivity index (χ3n) is 2.90. The van der Waals surface area contributed by atoms with Crippen molar-refractivity contribution in [3.63, 3.8) is 0 Å². The number of carbonyl (C=O) groups excluding carboxylic acids is 1. The van der Waals surface area contributed by atoms with Crippen LogP contribution >= 0.6 is 11.6 Å². The Hall–Kier alpha value is -2.68. The standard InChI is InChI=1S/C15H10ClF4N2O3/c1-2-24-14(23)13-12(16)9(21)5-10(22-13)6-3-8(18)11(4-7(6)17)25-15(19)20/h2-5,15,21,23H,1H3/q-1. The maximum Gasteiger partial charge on any atom is 0.501 e. The van der Waals surface area contributed by atoms with E-state index in [2.05, 4.69) is 10.1 Å². The van der Waals surface area contributed by atoms with Crippen molar-refractivity contribution in [1.82, 2.24) is 0 Å². The van der Waals surface area contributed by atoms with Crippen molar-refractivity contribution in [3.8, 4) is 5.75 Å². The van der Waals surface area contributed by atoms with Gasteiger partial charge in [-0.2, -0.15) is 8.78 Å². The molecule has 0 unspecified atom stereocenters. The van der Waals surface area contributed by atoms with Gasteiger partial charge < -0.3 is 20.9 Å². The van der Waals surface area contributed by atoms with Crippen LogP contribution in [0, 0.1) is 11.6 Å². The van der Waals surface area contributed by atoms with E-state index in [4.69, 9.17) is 21.8 Å². The normalized spacial score (nSPS) is 17.0. The number of rotatable bonds is 4. The number of alkyl halides is 2. The number of aldehydes is 1. The lowest BCUT2D eigenvalue weighted by atomic mass is 10.1. The summed E-state index contributed by atoms with van der Waals surface area (Å²) in [5, 5.41) is 13.3. The Labute approximate surface area is 144 Å². The van der Waals surface area contributed by atoms with Crippen LogP contribution in [0.4, 0.5) is 17.6 Å². The van der Waals surface area contributed by atoms with E-state index in [9.17, 15) is 22.7 Å². The molecule has 0 bridgehead atoms. The van der Waals surface area contributed by atoms with Crippen LogP contribution in [0.2, 0.25) is 0 Å². The minimum Gasteiger partial charge on any atom is -0.698 e. The van der Waals surface area contributed by atoms with Crippen molar-refractivity contribution >= 4 is 23.6 Å². The van der Waals surface area contributed by atoms with E-state index in [1.807, 2.05) is 0 Å². The highest BCUT2D eigenvalue weighted by molar-refractivity contribution is 6.33. The van der Waals surface area contributed by atoms with Gasteiger partial charge in [-0.3, -0.25) is 4.42 Å². The number of ether oxygens (including phenoxy) is 1. The second kappa shape index (κ2) is 7.47. The van der Waals surface area contributed by atoms with Gasteiger partial charge in [-0.05, 0) is 11.6 Å². The first-order chi connectivity index (χ1) is 11.7. The summed E-state index contributed by atoms with van der Waals surface area (Å²) in [5.74, 6) is -4.11. The molecule has 1 heterocycles. The van der Waals surface area contributed by atoms with E-state index in [0.717, 1.165) is 12.4 Å². The van der Waals surface area contributed by atoms with Gasteiger partial charge in [-0.25, -0.2) is 8.78 Å². The van der Waals surface area contributed by atoms with E-state index in [0.29, 0.717) is 12.1 Å². The van der Waals surface area contributed by atoms with E-state index in [1.54, 1.807) is 0 Å². The Morgan fingerprint density at radius 1 is 1.36 bits per heavy atom. The number of hydrogen-bond acceptors (Lipinski definition) is 2. The fourth-order valence-corrected chi connectivity index (χ4v) is 2.07. The van der Waals surface area contributed by atoms with Crippen LogP contribution in [0.25, 0.3) is 16.7 Å². The predicted octanol–water partition coefficient (Wildman–Crippen LogP) is 5.28. The van der Waals surface area contributed by atoms with Crippen molar-refractivity contribution in [1.29, 1.82) is 0 Å². The number of benzene rings is 1. The number of halogens is 5. The van der Waals surface area contributed by atoms with Gasteiger partial charge in [0.05, 0.1) is 0 Å². The van der Waals surface area contributed by atoms with Crippen molar-refractivity contribution in [3.05, 3.63) is 68.8 Å². The summed E-state index contributed by atoms with van der Waals surface area (Å²) in [7, 11) is 0. The maximum absolute atomic E-state index is 14.1. The van der Waals surface area contributed by atoms with Crippen LogP contribution in [-0.2, 0) is 4.42 Å². The van der Waals surface area contributed by atoms with Crippen LogP contribution in [0.15, 0.2) is 40.6 Å². The summed E-state index contributed by atoms with van der Waals surface area (Å²) in [4.78, 5) is 0. The largest absolute Gasteiger partial charge is 0.698 e. The zero-order chi connectivity index (χ0) is 18.7. The molecule has 0 saturated carbocycles. The molecule has 2 N–H and O–H groups in total. The highest BCUT2D eigenvalue weighted by Gasteiger charge is 2.18. The summed E-state index contributed by atoms with van der Waals surface area (Å²) in [6.45, 7) is -1.87. The fourth-order valence-electron chi connectivity index (χ4n) is 1.89.